The summed E-state index contributed by atoms with van der Waals surface area (Å²) in [4.78, 5) is 0. The Morgan fingerprint density at radius 3 is 2.46 bits per heavy atom. The third-order valence-electron chi connectivity index (χ3n) is 1.48. The minimum Gasteiger partial charge on any atom is -0.515 e. The molecule has 0 spiro atoms. The first kappa shape index (κ1) is 10.3. The van der Waals surface area contributed by atoms with Gasteiger partial charge in [0.2, 0.25) is 0 Å². The van der Waals surface area contributed by atoms with Crippen LogP contribution in [0.15, 0.2) is 42.4 Å². The van der Waals surface area contributed by atoms with Crippen molar-refractivity contribution >= 4 is 24.5 Å². The Hall–Kier alpha value is -0.760. The molecule has 0 amide bonds. The second kappa shape index (κ2) is 4.47. The molecule has 0 aliphatic rings. The Bertz CT molecular complexity index is 337. The molecule has 1 rings (SSSR count). The van der Waals surface area contributed by atoms with E-state index in [1.165, 1.54) is 0 Å². The first-order valence-corrected chi connectivity index (χ1v) is 5.51. The summed E-state index contributed by atoms with van der Waals surface area (Å²) in [6.07, 6.45) is 0.663. The van der Waals surface area contributed by atoms with E-state index < -0.39 is 7.37 Å². The molecule has 0 aliphatic heterocycles. The van der Waals surface area contributed by atoms with Crippen molar-refractivity contribution in [3.63, 3.8) is 0 Å². The number of halogens is 1. The summed E-state index contributed by atoms with van der Waals surface area (Å²) in [5, 5.41) is 8.94. The first-order valence-electron chi connectivity index (χ1n) is 3.50. The van der Waals surface area contributed by atoms with Crippen LogP contribution in [-0.4, -0.2) is 5.11 Å². The molecule has 0 saturated carbocycles. The maximum atomic E-state index is 11.8. The Morgan fingerprint density at radius 1 is 1.38 bits per heavy atom. The van der Waals surface area contributed by atoms with Crippen molar-refractivity contribution in [2.45, 2.75) is 0 Å². The van der Waals surface area contributed by atoms with Gasteiger partial charge in [-0.1, -0.05) is 18.2 Å². The number of rotatable bonds is 3. The quantitative estimate of drug-likeness (QED) is 0.627. The van der Waals surface area contributed by atoms with E-state index in [1.54, 1.807) is 30.3 Å². The number of benzene rings is 1. The minimum atomic E-state index is -3.22. The van der Waals surface area contributed by atoms with Crippen LogP contribution in [0.5, 0.6) is 0 Å². The third-order valence-corrected chi connectivity index (χ3v) is 3.85. The number of hydrogen-bond donors (Lipinski definition) is 1. The summed E-state index contributed by atoms with van der Waals surface area (Å²) in [7, 11) is -3.22. The number of hydrogen-bond acceptors (Lipinski definition) is 3. The lowest BCUT2D eigenvalue weighted by Gasteiger charge is -2.08. The van der Waals surface area contributed by atoms with Crippen LogP contribution in [-0.2, 0) is 8.64 Å². The van der Waals surface area contributed by atoms with Gasteiger partial charge in [-0.2, -0.15) is 0 Å². The van der Waals surface area contributed by atoms with Gasteiger partial charge >= 0.3 is 0 Å². The Balaban J connectivity index is 3.11. The van der Waals surface area contributed by atoms with E-state index in [9.17, 15) is 4.57 Å². The molecule has 5 heteroatoms. The van der Waals surface area contributed by atoms with Crippen LogP contribution in [0.3, 0.4) is 0 Å². The van der Waals surface area contributed by atoms with Gasteiger partial charge in [-0.3, -0.25) is 4.57 Å². The zero-order chi connectivity index (χ0) is 9.73. The lowest BCUT2D eigenvalue weighted by atomic mass is 10.4. The largest absolute Gasteiger partial charge is 0.515 e. The van der Waals surface area contributed by atoms with Crippen molar-refractivity contribution in [2.75, 3.05) is 0 Å². The first-order chi connectivity index (χ1) is 6.23. The molecule has 0 heterocycles. The highest BCUT2D eigenvalue weighted by Crippen LogP contribution is 2.48. The van der Waals surface area contributed by atoms with Crippen LogP contribution in [0.2, 0.25) is 0 Å². The predicted octanol–water partition coefficient (Wildman–Crippen LogP) is 2.79. The van der Waals surface area contributed by atoms with E-state index >= 15 is 0 Å². The van der Waals surface area contributed by atoms with Crippen LogP contribution in [0.1, 0.15) is 0 Å². The van der Waals surface area contributed by atoms with Gasteiger partial charge in [0, 0.05) is 11.1 Å². The van der Waals surface area contributed by atoms with E-state index in [4.69, 9.17) is 17.0 Å². The van der Waals surface area contributed by atoms with Crippen molar-refractivity contribution in [1.29, 1.82) is 0 Å². The Labute approximate surface area is 81.2 Å². The van der Waals surface area contributed by atoms with Crippen LogP contribution in [0, 0.1) is 0 Å². The van der Waals surface area contributed by atoms with E-state index in [1.807, 2.05) is 0 Å². The monoisotopic (exact) mass is 218 g/mol. The molecule has 13 heavy (non-hydrogen) atoms. The van der Waals surface area contributed by atoms with Crippen molar-refractivity contribution in [3.8, 4) is 0 Å². The zero-order valence-corrected chi connectivity index (χ0v) is 8.28. The van der Waals surface area contributed by atoms with Gasteiger partial charge in [-0.25, -0.2) is 4.08 Å². The Morgan fingerprint density at radius 2 is 2.00 bits per heavy atom. The lowest BCUT2D eigenvalue weighted by Crippen LogP contribution is -2.01. The van der Waals surface area contributed by atoms with Gasteiger partial charge in [0.1, 0.15) is 0 Å². The standard InChI is InChI=1S/C8H8ClO3P/c9-12-13(11,7-6-10)8-4-2-1-3-5-8/h1-7,10H/b7-6+. The van der Waals surface area contributed by atoms with Crippen LogP contribution < -0.4 is 5.30 Å². The Kier molecular flexibility index (Phi) is 3.55. The molecule has 0 radical (unpaired) electrons. The van der Waals surface area contributed by atoms with E-state index in [2.05, 4.69) is 4.08 Å². The maximum absolute atomic E-state index is 11.8. The summed E-state index contributed by atoms with van der Waals surface area (Å²) < 4.78 is 16.1. The van der Waals surface area contributed by atoms with Crippen LogP contribution >= 0.6 is 19.2 Å². The van der Waals surface area contributed by atoms with Gasteiger partial charge in [0.05, 0.1) is 18.1 Å². The normalized spacial score (nSPS) is 15.8. The fraction of sp³-hybridized carbons (Fsp3) is 0. The zero-order valence-electron chi connectivity index (χ0n) is 6.63. The van der Waals surface area contributed by atoms with Gasteiger partial charge in [-0.15, -0.1) is 0 Å². The molecule has 1 aromatic carbocycles. The maximum Gasteiger partial charge on any atom is 0.273 e. The molecule has 0 saturated heterocycles. The summed E-state index contributed by atoms with van der Waals surface area (Å²) in [5.41, 5.74) is 0. The SMILES string of the molecule is O=P(/C=C/O)(OCl)c1ccccc1. The van der Waals surface area contributed by atoms with Gasteiger partial charge in [0.15, 0.2) is 0 Å². The highest BCUT2D eigenvalue weighted by atomic mass is 35.5. The highest BCUT2D eigenvalue weighted by molar-refractivity contribution is 7.70. The summed E-state index contributed by atoms with van der Waals surface area (Å²) in [5.74, 6) is 1.04. The molecule has 70 valence electrons. The molecule has 3 nitrogen and oxygen atoms in total. The molecule has 1 unspecified atom stereocenters. The topological polar surface area (TPSA) is 46.5 Å². The average Bonchev–Trinajstić information content (AvgIpc) is 2.19. The smallest absolute Gasteiger partial charge is 0.273 e. The van der Waals surface area contributed by atoms with Gasteiger partial charge < -0.3 is 5.11 Å². The third kappa shape index (κ3) is 2.34. The number of aliphatic hydroxyl groups is 1. The minimum absolute atomic E-state index is 0.440. The van der Waals surface area contributed by atoms with Gasteiger partial charge in [-0.05, 0) is 12.1 Å². The number of aliphatic hydroxyl groups excluding tert-OH is 1. The summed E-state index contributed by atoms with van der Waals surface area (Å²) in [6.45, 7) is 0. The average molecular weight is 219 g/mol. The van der Waals surface area contributed by atoms with Crippen LogP contribution in [0.25, 0.3) is 0 Å². The van der Waals surface area contributed by atoms with Crippen molar-refractivity contribution in [1.82, 2.24) is 0 Å². The second-order valence-electron chi connectivity index (χ2n) is 2.30. The van der Waals surface area contributed by atoms with Crippen molar-refractivity contribution in [3.05, 3.63) is 42.4 Å². The highest BCUT2D eigenvalue weighted by Gasteiger charge is 2.21. The summed E-state index contributed by atoms with van der Waals surface area (Å²) in [6, 6.07) is 8.43. The van der Waals surface area contributed by atoms with Gasteiger partial charge in [0.25, 0.3) is 7.37 Å². The van der Waals surface area contributed by atoms with E-state index in [-0.39, 0.29) is 0 Å². The molecule has 0 aromatic heterocycles. The summed E-state index contributed by atoms with van der Waals surface area (Å²) >= 11 is 5.10. The molecule has 1 aromatic rings. The molecule has 0 bridgehead atoms. The fourth-order valence-corrected chi connectivity index (χ4v) is 2.31. The predicted molar refractivity (Wildman–Crippen MR) is 52.4 cm³/mol. The molecular weight excluding hydrogens is 211 g/mol. The molecule has 0 aliphatic carbocycles. The van der Waals surface area contributed by atoms with Crippen molar-refractivity contribution in [2.24, 2.45) is 0 Å². The van der Waals surface area contributed by atoms with Crippen LogP contribution in [0.4, 0.5) is 0 Å². The fourth-order valence-electron chi connectivity index (χ4n) is 0.872. The molecule has 0 fully saturated rings. The van der Waals surface area contributed by atoms with E-state index in [0.29, 0.717) is 11.6 Å². The second-order valence-corrected chi connectivity index (χ2v) is 4.86. The molecule has 1 N–H and O–H groups in total. The molecule has 1 atom stereocenters. The lowest BCUT2D eigenvalue weighted by molar-refractivity contribution is 0.471. The van der Waals surface area contributed by atoms with E-state index in [0.717, 1.165) is 5.82 Å². The van der Waals surface area contributed by atoms with Crippen molar-refractivity contribution < 1.29 is 13.7 Å². The molecular formula is C8H8ClO3P.